The van der Waals surface area contributed by atoms with E-state index >= 15 is 0 Å². The van der Waals surface area contributed by atoms with Crippen molar-refractivity contribution in [1.82, 2.24) is 15.1 Å². The molecule has 0 aliphatic carbocycles. The Labute approximate surface area is 117 Å². The maximum atomic E-state index is 14.0. The molecule has 0 amide bonds. The van der Waals surface area contributed by atoms with Crippen LogP contribution >= 0.6 is 11.6 Å². The first kappa shape index (κ1) is 14.0. The summed E-state index contributed by atoms with van der Waals surface area (Å²) in [4.78, 5) is 0. The van der Waals surface area contributed by atoms with Crippen molar-refractivity contribution in [3.05, 3.63) is 52.6 Å². The lowest BCUT2D eigenvalue weighted by atomic mass is 10.00. The number of nitrogens with one attached hydrogen (secondary N) is 1. The minimum Gasteiger partial charge on any atom is -0.310 e. The molecule has 1 atom stereocenters. The van der Waals surface area contributed by atoms with Gasteiger partial charge in [0.15, 0.2) is 0 Å². The zero-order chi connectivity index (χ0) is 13.8. The second kappa shape index (κ2) is 6.17. The van der Waals surface area contributed by atoms with E-state index in [4.69, 9.17) is 11.6 Å². The van der Waals surface area contributed by atoms with Crippen molar-refractivity contribution in [2.75, 3.05) is 6.54 Å². The van der Waals surface area contributed by atoms with Gasteiger partial charge in [-0.2, -0.15) is 5.10 Å². The fraction of sp³-hybridized carbons (Fsp3) is 0.357. The van der Waals surface area contributed by atoms with Crippen LogP contribution < -0.4 is 5.32 Å². The highest BCUT2D eigenvalue weighted by molar-refractivity contribution is 6.31. The van der Waals surface area contributed by atoms with Gasteiger partial charge >= 0.3 is 0 Å². The Balaban J connectivity index is 2.29. The van der Waals surface area contributed by atoms with Gasteiger partial charge in [-0.1, -0.05) is 24.6 Å². The predicted octanol–water partition coefficient (Wildman–Crippen LogP) is 3.11. The summed E-state index contributed by atoms with van der Waals surface area (Å²) in [6.07, 6.45) is 4.38. The van der Waals surface area contributed by atoms with Crippen LogP contribution in [0.1, 0.15) is 24.1 Å². The molecule has 0 fully saturated rings. The molecule has 1 N–H and O–H groups in total. The van der Waals surface area contributed by atoms with E-state index in [1.807, 2.05) is 20.2 Å². The van der Waals surface area contributed by atoms with Crippen molar-refractivity contribution in [2.24, 2.45) is 7.05 Å². The average molecular weight is 282 g/mol. The lowest BCUT2D eigenvalue weighted by Gasteiger charge is -2.19. The van der Waals surface area contributed by atoms with Crippen LogP contribution in [-0.2, 0) is 13.5 Å². The molecule has 0 bridgehead atoms. The summed E-state index contributed by atoms with van der Waals surface area (Å²) in [6, 6.07) is 4.62. The first-order valence-electron chi connectivity index (χ1n) is 6.26. The van der Waals surface area contributed by atoms with Gasteiger partial charge in [0.2, 0.25) is 0 Å². The van der Waals surface area contributed by atoms with Gasteiger partial charge in [-0.3, -0.25) is 4.68 Å². The third-order valence-corrected chi connectivity index (χ3v) is 3.33. The van der Waals surface area contributed by atoms with Crippen LogP contribution in [0.4, 0.5) is 4.39 Å². The van der Waals surface area contributed by atoms with E-state index in [1.165, 1.54) is 6.07 Å². The Bertz CT molecular complexity index is 533. The molecule has 1 heterocycles. The molecule has 102 valence electrons. The number of hydrogen-bond donors (Lipinski definition) is 1. The summed E-state index contributed by atoms with van der Waals surface area (Å²) in [7, 11) is 1.86. The van der Waals surface area contributed by atoms with Crippen molar-refractivity contribution in [3.63, 3.8) is 0 Å². The molecule has 3 nitrogen and oxygen atoms in total. The van der Waals surface area contributed by atoms with Gasteiger partial charge in [0.25, 0.3) is 0 Å². The molecule has 2 rings (SSSR count). The van der Waals surface area contributed by atoms with Crippen LogP contribution in [0.5, 0.6) is 0 Å². The third-order valence-electron chi connectivity index (χ3n) is 3.00. The number of halogens is 2. The molecule has 1 aromatic carbocycles. The zero-order valence-corrected chi connectivity index (χ0v) is 11.8. The smallest absolute Gasteiger partial charge is 0.129 e. The van der Waals surface area contributed by atoms with Crippen molar-refractivity contribution < 1.29 is 4.39 Å². The number of nitrogens with zero attached hydrogens (tertiary/aromatic N) is 2. The highest BCUT2D eigenvalue weighted by atomic mass is 35.5. The number of rotatable bonds is 5. The van der Waals surface area contributed by atoms with Crippen LogP contribution in [0.2, 0.25) is 5.02 Å². The Morgan fingerprint density at radius 3 is 2.84 bits per heavy atom. The monoisotopic (exact) mass is 281 g/mol. The third kappa shape index (κ3) is 3.33. The van der Waals surface area contributed by atoms with Gasteiger partial charge in [0.05, 0.1) is 6.20 Å². The van der Waals surface area contributed by atoms with Crippen LogP contribution in [0.25, 0.3) is 0 Å². The van der Waals surface area contributed by atoms with Crippen LogP contribution in [0.15, 0.2) is 30.6 Å². The standard InChI is InChI=1S/C14H17ClFN3/c1-3-17-13(7-10-8-18-19(2)9-10)14-11(15)5-4-6-12(14)16/h4-6,8-9,13,17H,3,7H2,1-2H3. The number of likely N-dealkylation sites (N-methyl/N-ethyl adjacent to an activating group) is 1. The fourth-order valence-electron chi connectivity index (χ4n) is 2.18. The lowest BCUT2D eigenvalue weighted by molar-refractivity contribution is 0.510. The minimum atomic E-state index is -0.276. The van der Waals surface area contributed by atoms with E-state index < -0.39 is 0 Å². The molecule has 19 heavy (non-hydrogen) atoms. The Hall–Kier alpha value is -1.39. The zero-order valence-electron chi connectivity index (χ0n) is 11.0. The molecule has 0 saturated heterocycles. The molecule has 0 aliphatic heterocycles. The van der Waals surface area contributed by atoms with Gasteiger partial charge in [-0.15, -0.1) is 0 Å². The summed E-state index contributed by atoms with van der Waals surface area (Å²) in [5.41, 5.74) is 1.57. The summed E-state index contributed by atoms with van der Waals surface area (Å²) in [5.74, 6) is -0.276. The Morgan fingerprint density at radius 1 is 1.47 bits per heavy atom. The van der Waals surface area contributed by atoms with E-state index in [0.717, 1.165) is 12.1 Å². The summed E-state index contributed by atoms with van der Waals surface area (Å²) >= 11 is 6.13. The fourth-order valence-corrected chi connectivity index (χ4v) is 2.47. The van der Waals surface area contributed by atoms with Gasteiger partial charge in [0, 0.05) is 29.9 Å². The SMILES string of the molecule is CCNC(Cc1cnn(C)c1)c1c(F)cccc1Cl. The molecule has 1 aromatic heterocycles. The number of aromatic nitrogens is 2. The molecule has 0 aliphatic rings. The molecule has 0 saturated carbocycles. The quantitative estimate of drug-likeness (QED) is 0.913. The number of aryl methyl sites for hydroxylation is 1. The average Bonchev–Trinajstić information content (AvgIpc) is 2.75. The van der Waals surface area contributed by atoms with E-state index in [2.05, 4.69) is 10.4 Å². The Kier molecular flexibility index (Phi) is 4.56. The largest absolute Gasteiger partial charge is 0.310 e. The van der Waals surface area contributed by atoms with Crippen LogP contribution in [0.3, 0.4) is 0 Å². The van der Waals surface area contributed by atoms with Crippen molar-refractivity contribution in [2.45, 2.75) is 19.4 Å². The molecular weight excluding hydrogens is 265 g/mol. The summed E-state index contributed by atoms with van der Waals surface area (Å²) < 4.78 is 15.7. The lowest BCUT2D eigenvalue weighted by Crippen LogP contribution is -2.24. The number of hydrogen-bond acceptors (Lipinski definition) is 2. The Morgan fingerprint density at radius 2 is 2.26 bits per heavy atom. The molecule has 0 radical (unpaired) electrons. The molecule has 2 aromatic rings. The van der Waals surface area contributed by atoms with E-state index in [0.29, 0.717) is 17.0 Å². The van der Waals surface area contributed by atoms with Gasteiger partial charge in [-0.25, -0.2) is 4.39 Å². The summed E-state index contributed by atoms with van der Waals surface area (Å²) in [5, 5.41) is 7.86. The molecule has 1 unspecified atom stereocenters. The van der Waals surface area contributed by atoms with Gasteiger partial charge in [0.1, 0.15) is 5.82 Å². The van der Waals surface area contributed by atoms with E-state index in [-0.39, 0.29) is 11.9 Å². The second-order valence-corrected chi connectivity index (χ2v) is 4.88. The predicted molar refractivity (Wildman–Crippen MR) is 74.7 cm³/mol. The number of benzene rings is 1. The minimum absolute atomic E-state index is 0.150. The molecular formula is C14H17ClFN3. The van der Waals surface area contributed by atoms with Gasteiger partial charge < -0.3 is 5.32 Å². The topological polar surface area (TPSA) is 29.9 Å². The maximum absolute atomic E-state index is 14.0. The van der Waals surface area contributed by atoms with Crippen molar-refractivity contribution in [3.8, 4) is 0 Å². The molecule has 0 spiro atoms. The highest BCUT2D eigenvalue weighted by Gasteiger charge is 2.19. The van der Waals surface area contributed by atoms with Crippen LogP contribution in [0, 0.1) is 5.82 Å². The highest BCUT2D eigenvalue weighted by Crippen LogP contribution is 2.28. The molecule has 5 heteroatoms. The van der Waals surface area contributed by atoms with E-state index in [9.17, 15) is 4.39 Å². The van der Waals surface area contributed by atoms with Crippen molar-refractivity contribution >= 4 is 11.6 Å². The first-order valence-corrected chi connectivity index (χ1v) is 6.64. The first-order chi connectivity index (χ1) is 9.11. The normalized spacial score (nSPS) is 12.6. The second-order valence-electron chi connectivity index (χ2n) is 4.47. The maximum Gasteiger partial charge on any atom is 0.129 e. The van der Waals surface area contributed by atoms with E-state index in [1.54, 1.807) is 23.0 Å². The van der Waals surface area contributed by atoms with Crippen molar-refractivity contribution in [1.29, 1.82) is 0 Å². The summed E-state index contributed by atoms with van der Waals surface area (Å²) in [6.45, 7) is 2.74. The van der Waals surface area contributed by atoms with Crippen LogP contribution in [-0.4, -0.2) is 16.3 Å². The van der Waals surface area contributed by atoms with Gasteiger partial charge in [-0.05, 0) is 30.7 Å².